The Morgan fingerprint density at radius 1 is 0.962 bits per heavy atom. The topological polar surface area (TPSA) is 47.7 Å². The molecular formula is C20H19ClN2O3. The smallest absolute Gasteiger partial charge is 0.161 e. The van der Waals surface area contributed by atoms with Gasteiger partial charge in [-0.3, -0.25) is 4.90 Å². The molecule has 0 unspecified atom stereocenters. The number of nitrogens with zero attached hydrogens (tertiary/aromatic N) is 2. The zero-order valence-corrected chi connectivity index (χ0v) is 15.2. The Bertz CT molecular complexity index is 892. The van der Waals surface area contributed by atoms with Crippen molar-refractivity contribution in [2.45, 2.75) is 13.1 Å². The van der Waals surface area contributed by atoms with Crippen molar-refractivity contribution in [2.75, 3.05) is 20.3 Å². The average Bonchev–Trinajstić information content (AvgIpc) is 3.10. The van der Waals surface area contributed by atoms with Crippen LogP contribution < -0.4 is 9.47 Å². The number of aromatic nitrogens is 1. The summed E-state index contributed by atoms with van der Waals surface area (Å²) in [5, 5.41) is 4.86. The molecule has 2 heterocycles. The van der Waals surface area contributed by atoms with Gasteiger partial charge in [-0.2, -0.15) is 0 Å². The molecule has 4 rings (SSSR count). The van der Waals surface area contributed by atoms with E-state index in [9.17, 15) is 0 Å². The summed E-state index contributed by atoms with van der Waals surface area (Å²) in [6, 6.07) is 15.6. The van der Waals surface area contributed by atoms with Gasteiger partial charge >= 0.3 is 0 Å². The SMILES string of the molecule is CN(Cc1ccc2c(c1)OCCO2)Cc1cc(-c2ccc(Cl)cc2)no1. The van der Waals surface area contributed by atoms with Crippen molar-refractivity contribution in [3.63, 3.8) is 0 Å². The van der Waals surface area contributed by atoms with Crippen molar-refractivity contribution in [2.24, 2.45) is 0 Å². The molecule has 0 N–H and O–H groups in total. The van der Waals surface area contributed by atoms with Crippen LogP contribution in [0.2, 0.25) is 5.02 Å². The van der Waals surface area contributed by atoms with E-state index in [2.05, 4.69) is 16.1 Å². The second kappa shape index (κ2) is 7.40. The number of rotatable bonds is 5. The second-order valence-corrected chi connectivity index (χ2v) is 6.77. The van der Waals surface area contributed by atoms with E-state index in [-0.39, 0.29) is 0 Å². The van der Waals surface area contributed by atoms with E-state index in [0.717, 1.165) is 40.6 Å². The Hall–Kier alpha value is -2.50. The number of ether oxygens (including phenoxy) is 2. The quantitative estimate of drug-likeness (QED) is 0.666. The summed E-state index contributed by atoms with van der Waals surface area (Å²) >= 11 is 5.93. The highest BCUT2D eigenvalue weighted by Crippen LogP contribution is 2.31. The van der Waals surface area contributed by atoms with E-state index < -0.39 is 0 Å². The van der Waals surface area contributed by atoms with Crippen LogP contribution in [-0.4, -0.2) is 30.3 Å². The van der Waals surface area contributed by atoms with Gasteiger partial charge in [0, 0.05) is 23.2 Å². The lowest BCUT2D eigenvalue weighted by molar-refractivity contribution is 0.171. The number of halogens is 1. The van der Waals surface area contributed by atoms with Gasteiger partial charge in [-0.05, 0) is 36.9 Å². The molecule has 0 aliphatic carbocycles. The number of fused-ring (bicyclic) bond motifs is 1. The van der Waals surface area contributed by atoms with E-state index in [1.54, 1.807) is 0 Å². The molecule has 5 nitrogen and oxygen atoms in total. The van der Waals surface area contributed by atoms with Crippen molar-refractivity contribution >= 4 is 11.6 Å². The normalized spacial score (nSPS) is 13.2. The van der Waals surface area contributed by atoms with Crippen LogP contribution in [0.15, 0.2) is 53.1 Å². The van der Waals surface area contributed by atoms with Crippen LogP contribution in [0.25, 0.3) is 11.3 Å². The molecule has 0 atom stereocenters. The number of hydrogen-bond acceptors (Lipinski definition) is 5. The molecule has 0 bridgehead atoms. The Labute approximate surface area is 157 Å². The monoisotopic (exact) mass is 370 g/mol. The molecule has 134 valence electrons. The Kier molecular flexibility index (Phi) is 4.82. The Morgan fingerprint density at radius 2 is 1.73 bits per heavy atom. The molecule has 1 aliphatic rings. The van der Waals surface area contributed by atoms with Crippen LogP contribution in [-0.2, 0) is 13.1 Å². The summed E-state index contributed by atoms with van der Waals surface area (Å²) in [6.07, 6.45) is 0. The van der Waals surface area contributed by atoms with Gasteiger partial charge in [0.15, 0.2) is 17.3 Å². The minimum Gasteiger partial charge on any atom is -0.486 e. The first-order valence-electron chi connectivity index (χ1n) is 8.46. The van der Waals surface area contributed by atoms with E-state index in [4.69, 9.17) is 25.6 Å². The highest BCUT2D eigenvalue weighted by atomic mass is 35.5. The summed E-state index contributed by atoms with van der Waals surface area (Å²) in [6.45, 7) is 2.63. The molecule has 2 aromatic carbocycles. The molecule has 0 spiro atoms. The van der Waals surface area contributed by atoms with Gasteiger partial charge in [-0.25, -0.2) is 0 Å². The number of hydrogen-bond donors (Lipinski definition) is 0. The van der Waals surface area contributed by atoms with Crippen LogP contribution in [0.4, 0.5) is 0 Å². The lowest BCUT2D eigenvalue weighted by Crippen LogP contribution is -2.18. The van der Waals surface area contributed by atoms with Gasteiger partial charge in [0.1, 0.15) is 18.9 Å². The molecule has 1 aromatic heterocycles. The minimum atomic E-state index is 0.595. The highest BCUT2D eigenvalue weighted by Gasteiger charge is 2.14. The first-order valence-corrected chi connectivity index (χ1v) is 8.84. The summed E-state index contributed by atoms with van der Waals surface area (Å²) in [4.78, 5) is 2.16. The summed E-state index contributed by atoms with van der Waals surface area (Å²) in [5.41, 5.74) is 2.96. The lowest BCUT2D eigenvalue weighted by atomic mass is 10.1. The van der Waals surface area contributed by atoms with Gasteiger partial charge in [0.25, 0.3) is 0 Å². The molecular weight excluding hydrogens is 352 g/mol. The maximum Gasteiger partial charge on any atom is 0.161 e. The van der Waals surface area contributed by atoms with Crippen molar-refractivity contribution in [1.82, 2.24) is 10.1 Å². The Morgan fingerprint density at radius 3 is 2.54 bits per heavy atom. The summed E-state index contributed by atoms with van der Waals surface area (Å²) in [5.74, 6) is 2.44. The van der Waals surface area contributed by atoms with Gasteiger partial charge in [0.2, 0.25) is 0 Å². The standard InChI is InChI=1S/C20H19ClN2O3/c1-23(12-14-2-7-19-20(10-14)25-9-8-24-19)13-17-11-18(22-26-17)15-3-5-16(21)6-4-15/h2-7,10-11H,8-9,12-13H2,1H3. The third kappa shape index (κ3) is 3.84. The summed E-state index contributed by atoms with van der Waals surface area (Å²) < 4.78 is 16.7. The van der Waals surface area contributed by atoms with Crippen molar-refractivity contribution in [3.8, 4) is 22.8 Å². The van der Waals surface area contributed by atoms with Gasteiger partial charge in [0.05, 0.1) is 6.54 Å². The predicted molar refractivity (Wildman–Crippen MR) is 99.6 cm³/mol. The first kappa shape index (κ1) is 16.9. The van der Waals surface area contributed by atoms with Crippen molar-refractivity contribution < 1.29 is 14.0 Å². The van der Waals surface area contributed by atoms with E-state index >= 15 is 0 Å². The Balaban J connectivity index is 1.40. The first-order chi connectivity index (χ1) is 12.7. The third-order valence-electron chi connectivity index (χ3n) is 4.18. The van der Waals surface area contributed by atoms with Gasteiger partial charge in [-0.15, -0.1) is 0 Å². The molecule has 0 saturated carbocycles. The molecule has 6 heteroatoms. The second-order valence-electron chi connectivity index (χ2n) is 6.34. The van der Waals surface area contributed by atoms with Crippen molar-refractivity contribution in [3.05, 3.63) is 64.9 Å². The molecule has 0 amide bonds. The molecule has 0 saturated heterocycles. The maximum absolute atomic E-state index is 5.93. The fourth-order valence-corrected chi connectivity index (χ4v) is 3.09. The van der Waals surface area contributed by atoms with Gasteiger partial charge in [-0.1, -0.05) is 35.0 Å². The molecule has 3 aromatic rings. The average molecular weight is 371 g/mol. The molecule has 0 radical (unpaired) electrons. The van der Waals surface area contributed by atoms with E-state index in [1.165, 1.54) is 0 Å². The van der Waals surface area contributed by atoms with Crippen molar-refractivity contribution in [1.29, 1.82) is 0 Å². The van der Waals surface area contributed by atoms with Crippen LogP contribution >= 0.6 is 11.6 Å². The van der Waals surface area contributed by atoms with Gasteiger partial charge < -0.3 is 14.0 Å². The zero-order chi connectivity index (χ0) is 17.9. The predicted octanol–water partition coefficient (Wildman–Crippen LogP) is 4.40. The molecule has 1 aliphatic heterocycles. The third-order valence-corrected chi connectivity index (χ3v) is 4.44. The molecule has 26 heavy (non-hydrogen) atoms. The van der Waals surface area contributed by atoms with Crippen LogP contribution in [0.5, 0.6) is 11.5 Å². The fourth-order valence-electron chi connectivity index (χ4n) is 2.96. The van der Waals surface area contributed by atoms with E-state index in [0.29, 0.717) is 24.8 Å². The maximum atomic E-state index is 5.93. The van der Waals surface area contributed by atoms with Crippen LogP contribution in [0, 0.1) is 0 Å². The van der Waals surface area contributed by atoms with Crippen LogP contribution in [0.1, 0.15) is 11.3 Å². The molecule has 0 fully saturated rings. The lowest BCUT2D eigenvalue weighted by Gasteiger charge is -2.20. The summed E-state index contributed by atoms with van der Waals surface area (Å²) in [7, 11) is 2.04. The minimum absolute atomic E-state index is 0.595. The van der Waals surface area contributed by atoms with E-state index in [1.807, 2.05) is 49.5 Å². The largest absolute Gasteiger partial charge is 0.486 e. The highest BCUT2D eigenvalue weighted by molar-refractivity contribution is 6.30. The fraction of sp³-hybridized carbons (Fsp3) is 0.250. The number of benzene rings is 2. The van der Waals surface area contributed by atoms with Crippen LogP contribution in [0.3, 0.4) is 0 Å². The zero-order valence-electron chi connectivity index (χ0n) is 14.4.